The molecule has 0 spiro atoms. The molecule has 4 nitrogen and oxygen atoms in total. The van der Waals surface area contributed by atoms with Crippen LogP contribution in [0, 0.1) is 22.7 Å². The van der Waals surface area contributed by atoms with Crippen LogP contribution in [0.3, 0.4) is 0 Å². The van der Waals surface area contributed by atoms with Crippen LogP contribution in [-0.4, -0.2) is 16.3 Å². The number of amides is 2. The van der Waals surface area contributed by atoms with Gasteiger partial charge in [0.05, 0.1) is 0 Å². The van der Waals surface area contributed by atoms with Crippen LogP contribution in [0.15, 0.2) is 96.1 Å². The Kier molecular flexibility index (Phi) is 13.5. The van der Waals surface area contributed by atoms with Crippen molar-refractivity contribution in [3.05, 3.63) is 129 Å². The summed E-state index contributed by atoms with van der Waals surface area (Å²) in [5, 5.41) is 6.66. The Hall–Kier alpha value is -3.17. The first-order valence-electron chi connectivity index (χ1n) is 22.1. The molecule has 0 saturated heterocycles. The second-order valence-electron chi connectivity index (χ2n) is 20.2. The molecule has 0 fully saturated rings. The van der Waals surface area contributed by atoms with Crippen LogP contribution in [0.25, 0.3) is 34.4 Å². The molecule has 60 heavy (non-hydrogen) atoms. The van der Waals surface area contributed by atoms with Gasteiger partial charge in [-0.15, -0.1) is 0 Å². The Morgan fingerprint density at radius 3 is 1.27 bits per heavy atom. The summed E-state index contributed by atoms with van der Waals surface area (Å²) in [7, 11) is 18.2. The van der Waals surface area contributed by atoms with Crippen LogP contribution in [0.1, 0.15) is 137 Å². The predicted octanol–water partition coefficient (Wildman–Crippen LogP) is 14.1. The van der Waals surface area contributed by atoms with Crippen molar-refractivity contribution in [1.29, 1.82) is 0 Å². The fourth-order valence-electron chi connectivity index (χ4n) is 9.90. The number of halogens is 2. The summed E-state index contributed by atoms with van der Waals surface area (Å²) in [6.45, 7) is 26.2. The molecule has 4 aromatic rings. The van der Waals surface area contributed by atoms with Gasteiger partial charge in [0.1, 0.15) is 0 Å². The molecule has 2 unspecified atom stereocenters. The minimum atomic E-state index is -6.19. The van der Waals surface area contributed by atoms with Gasteiger partial charge in [-0.05, 0) is 0 Å². The Bertz CT molecular complexity index is 2190. The molecule has 8 heteroatoms. The molecule has 2 aliphatic carbocycles. The molecule has 0 heterocycles. The maximum absolute atomic E-state index is 13.9. The third-order valence-electron chi connectivity index (χ3n) is 12.6. The van der Waals surface area contributed by atoms with Crippen molar-refractivity contribution in [2.75, 3.05) is 0 Å². The SMILES string of the molecule is CCC(=O)N[B](NC(=O)CC)[Zr]([Cl])([Cl])([CH]1C(C(C)(C)C)=Cc2c(-c3ccccc3CC(C)C)cccc21)[CH]1C(C(C)(C)C)=Cc2c(-c3ccccc3CC(C)C)cccc21. The van der Waals surface area contributed by atoms with Gasteiger partial charge in [-0.25, -0.2) is 0 Å². The van der Waals surface area contributed by atoms with Gasteiger partial charge in [-0.3, -0.25) is 0 Å². The van der Waals surface area contributed by atoms with Crippen molar-refractivity contribution in [2.45, 2.75) is 116 Å². The Balaban J connectivity index is 1.75. The van der Waals surface area contributed by atoms with Gasteiger partial charge in [0.15, 0.2) is 0 Å². The first-order valence-corrected chi connectivity index (χ1v) is 32.7. The number of fused-ring (bicyclic) bond motifs is 2. The topological polar surface area (TPSA) is 58.2 Å². The number of hydrogen-bond donors (Lipinski definition) is 2. The Labute approximate surface area is 369 Å². The summed E-state index contributed by atoms with van der Waals surface area (Å²) in [5.41, 5.74) is 13.1. The molecular weight excluding hydrogens is 858 g/mol. The zero-order valence-corrected chi connectivity index (χ0v) is 42.0. The van der Waals surface area contributed by atoms with Crippen LogP contribution in [-0.2, 0) is 38.6 Å². The van der Waals surface area contributed by atoms with Gasteiger partial charge in [0, 0.05) is 0 Å². The average molecular weight is 924 g/mol. The van der Waals surface area contributed by atoms with E-state index < -0.39 is 27.9 Å². The number of hydrogen-bond acceptors (Lipinski definition) is 2. The molecule has 317 valence electrons. The zero-order valence-electron chi connectivity index (χ0n) is 38.0. The predicted molar refractivity (Wildman–Crippen MR) is 256 cm³/mol. The van der Waals surface area contributed by atoms with Crippen molar-refractivity contribution >= 4 is 45.5 Å². The van der Waals surface area contributed by atoms with Crippen molar-refractivity contribution < 1.29 is 25.8 Å². The van der Waals surface area contributed by atoms with Gasteiger partial charge < -0.3 is 0 Å². The average Bonchev–Trinajstić information content (AvgIpc) is 3.80. The van der Waals surface area contributed by atoms with Gasteiger partial charge in [0.2, 0.25) is 0 Å². The summed E-state index contributed by atoms with van der Waals surface area (Å²) < 4.78 is -1.94. The van der Waals surface area contributed by atoms with Crippen LogP contribution < -0.4 is 10.5 Å². The Morgan fingerprint density at radius 2 is 0.933 bits per heavy atom. The zero-order chi connectivity index (χ0) is 44.0. The quantitative estimate of drug-likeness (QED) is 0.131. The molecule has 4 aromatic carbocycles. The van der Waals surface area contributed by atoms with E-state index in [4.69, 9.17) is 17.0 Å². The third kappa shape index (κ3) is 8.74. The standard InChI is InChI=1S/2C23H27.C6H11BN2O2.2ClH.Zr/c2*1-16(2)13-17-9-6-7-11-20(17)21-12-8-10-18-14-19(15-22(18)21)23(3,4)5;1-3-5(10)8-7-9-6(11)4-2;;;/h2*6-12,14-16H,13H2,1-5H3;3-4H2,1-2H3,(H-,8,9,10,11);2*1H;/q;;;;;+1/p-1. The van der Waals surface area contributed by atoms with Gasteiger partial charge in [-0.2, -0.15) is 0 Å². The van der Waals surface area contributed by atoms with E-state index in [2.05, 4.69) is 177 Å². The first-order chi connectivity index (χ1) is 28.1. The first kappa shape index (κ1) is 46.3. The van der Waals surface area contributed by atoms with E-state index in [0.29, 0.717) is 11.8 Å². The number of rotatable bonds is 13. The number of carbonyl (C=O) groups is 2. The number of carbonyl (C=O) groups excluding carboxylic acids is 2. The van der Waals surface area contributed by atoms with Crippen LogP contribution >= 0.6 is 17.0 Å². The third-order valence-corrected chi connectivity index (χ3v) is 32.3. The Morgan fingerprint density at radius 1 is 0.583 bits per heavy atom. The van der Waals surface area contributed by atoms with Crippen molar-refractivity contribution in [3.63, 3.8) is 0 Å². The van der Waals surface area contributed by atoms with Gasteiger partial charge >= 0.3 is 372 Å². The second-order valence-corrected chi connectivity index (χ2v) is 41.6. The second kappa shape index (κ2) is 17.5. The summed E-state index contributed by atoms with van der Waals surface area (Å²) in [5.74, 6) is 0.549. The van der Waals surface area contributed by atoms with Crippen molar-refractivity contribution in [2.24, 2.45) is 22.7 Å². The summed E-state index contributed by atoms with van der Waals surface area (Å²) in [6.07, 6.45) is 7.05. The maximum atomic E-state index is 13.9. The molecule has 0 aliphatic heterocycles. The molecule has 6 rings (SSSR count). The molecule has 2 atom stereocenters. The van der Waals surface area contributed by atoms with E-state index >= 15 is 0 Å². The summed E-state index contributed by atoms with van der Waals surface area (Å²) in [6, 6.07) is 30.6. The molecule has 2 aliphatic rings. The van der Waals surface area contributed by atoms with Crippen LogP contribution in [0.4, 0.5) is 0 Å². The van der Waals surface area contributed by atoms with E-state index in [0.717, 1.165) is 57.4 Å². The summed E-state index contributed by atoms with van der Waals surface area (Å²) in [4.78, 5) is 27.8. The van der Waals surface area contributed by atoms with Crippen LogP contribution in [0.5, 0.6) is 0 Å². The fraction of sp³-hybridized carbons (Fsp3) is 0.423. The van der Waals surface area contributed by atoms with Crippen molar-refractivity contribution in [3.8, 4) is 22.3 Å². The van der Waals surface area contributed by atoms with E-state index in [9.17, 15) is 9.59 Å². The molecule has 2 amide bonds. The van der Waals surface area contributed by atoms with E-state index in [-0.39, 0.29) is 35.5 Å². The molecular formula is C52H66BCl2N2O2Zr. The monoisotopic (exact) mass is 921 g/mol. The molecule has 0 radical (unpaired) electrons. The number of nitrogens with one attached hydrogen (secondary N) is 2. The number of benzene rings is 4. The molecule has 0 bridgehead atoms. The van der Waals surface area contributed by atoms with E-state index in [1.165, 1.54) is 22.3 Å². The van der Waals surface area contributed by atoms with Crippen LogP contribution in [0.2, 0.25) is 0 Å². The molecule has 0 saturated carbocycles. The summed E-state index contributed by atoms with van der Waals surface area (Å²) >= 11 is -6.19. The van der Waals surface area contributed by atoms with E-state index in [1.807, 2.05) is 13.8 Å². The molecule has 0 aromatic heterocycles. The fourth-order valence-corrected chi connectivity index (χ4v) is 31.0. The van der Waals surface area contributed by atoms with Gasteiger partial charge in [0.25, 0.3) is 0 Å². The number of allylic oxidation sites excluding steroid dienone is 2. The van der Waals surface area contributed by atoms with Gasteiger partial charge in [-0.1, -0.05) is 0 Å². The normalized spacial score (nSPS) is 17.1. The molecule has 2 N–H and O–H groups in total. The van der Waals surface area contributed by atoms with E-state index in [1.54, 1.807) is 0 Å². The van der Waals surface area contributed by atoms with Crippen molar-refractivity contribution in [1.82, 2.24) is 10.5 Å². The minimum absolute atomic E-state index is 0.204.